The monoisotopic (exact) mass is 337 g/mol. The zero-order chi connectivity index (χ0) is 16.3. The number of hydrogen-bond acceptors (Lipinski definition) is 5. The van der Waals surface area contributed by atoms with Gasteiger partial charge in [-0.05, 0) is 30.5 Å². The lowest BCUT2D eigenvalue weighted by molar-refractivity contribution is -0.141. The number of carbonyl (C=O) groups is 1. The van der Waals surface area contributed by atoms with E-state index in [4.69, 9.17) is 9.47 Å². The first-order valence-corrected chi connectivity index (χ1v) is 8.95. The Kier molecular flexibility index (Phi) is 5.14. The second kappa shape index (κ2) is 7.11. The van der Waals surface area contributed by atoms with E-state index < -0.39 is 6.10 Å². The van der Waals surface area contributed by atoms with Crippen LogP contribution >= 0.6 is 11.8 Å². The van der Waals surface area contributed by atoms with Gasteiger partial charge in [-0.2, -0.15) is 11.8 Å². The Morgan fingerprint density at radius 2 is 2.22 bits per heavy atom. The summed E-state index contributed by atoms with van der Waals surface area (Å²) in [6.45, 7) is 2.90. The molecule has 126 valence electrons. The molecule has 3 rings (SSSR count). The summed E-state index contributed by atoms with van der Waals surface area (Å²) in [6.07, 6.45) is 0.804. The lowest BCUT2D eigenvalue weighted by Crippen LogP contribution is -2.52. The van der Waals surface area contributed by atoms with Gasteiger partial charge in [-0.1, -0.05) is 12.1 Å². The van der Waals surface area contributed by atoms with Gasteiger partial charge in [-0.3, -0.25) is 4.79 Å². The highest BCUT2D eigenvalue weighted by atomic mass is 32.2. The Morgan fingerprint density at radius 3 is 2.96 bits per heavy atom. The van der Waals surface area contributed by atoms with Crippen LogP contribution in [0, 0.1) is 0 Å². The van der Waals surface area contributed by atoms with Crippen molar-refractivity contribution in [2.75, 3.05) is 39.2 Å². The van der Waals surface area contributed by atoms with Crippen molar-refractivity contribution in [1.29, 1.82) is 0 Å². The highest BCUT2D eigenvalue weighted by Gasteiger charge is 2.40. The molecule has 1 aromatic rings. The van der Waals surface area contributed by atoms with Crippen molar-refractivity contribution in [2.45, 2.75) is 23.7 Å². The van der Waals surface area contributed by atoms with E-state index in [0.717, 1.165) is 31.8 Å². The molecular formula is C17H23NO4S. The highest BCUT2D eigenvalue weighted by molar-refractivity contribution is 8.00. The van der Waals surface area contributed by atoms with Crippen molar-refractivity contribution >= 4 is 17.7 Å². The molecule has 1 unspecified atom stereocenters. The molecule has 0 aliphatic carbocycles. The van der Waals surface area contributed by atoms with E-state index in [-0.39, 0.29) is 10.7 Å². The van der Waals surface area contributed by atoms with Crippen molar-refractivity contribution in [2.24, 2.45) is 0 Å². The van der Waals surface area contributed by atoms with Gasteiger partial charge in [-0.25, -0.2) is 0 Å². The summed E-state index contributed by atoms with van der Waals surface area (Å²) in [6, 6.07) is 7.06. The summed E-state index contributed by atoms with van der Waals surface area (Å²) in [5.41, 5.74) is 0.577. The van der Waals surface area contributed by atoms with Crippen molar-refractivity contribution in [3.8, 4) is 5.75 Å². The van der Waals surface area contributed by atoms with Gasteiger partial charge in [-0.15, -0.1) is 0 Å². The number of hydrogen-bond donors (Lipinski definition) is 1. The van der Waals surface area contributed by atoms with Crippen LogP contribution < -0.4 is 4.74 Å². The molecule has 0 bridgehead atoms. The van der Waals surface area contributed by atoms with Crippen LogP contribution in [0.25, 0.3) is 0 Å². The number of nitrogens with zero attached hydrogens (tertiary/aromatic N) is 1. The van der Waals surface area contributed by atoms with Gasteiger partial charge in [0, 0.05) is 36.8 Å². The van der Waals surface area contributed by atoms with E-state index >= 15 is 0 Å². The third-order valence-electron chi connectivity index (χ3n) is 4.61. The molecular weight excluding hydrogens is 314 g/mol. The first kappa shape index (κ1) is 16.6. The first-order valence-electron chi connectivity index (χ1n) is 7.96. The lowest BCUT2D eigenvalue weighted by Gasteiger charge is -2.44. The molecule has 1 atom stereocenters. The number of carbonyl (C=O) groups excluding carboxylic acids is 1. The maximum absolute atomic E-state index is 12.7. The zero-order valence-corrected chi connectivity index (χ0v) is 14.2. The van der Waals surface area contributed by atoms with E-state index in [2.05, 4.69) is 0 Å². The van der Waals surface area contributed by atoms with Crippen molar-refractivity contribution in [1.82, 2.24) is 4.90 Å². The molecule has 2 aliphatic heterocycles. The minimum atomic E-state index is -1.13. The molecule has 23 heavy (non-hydrogen) atoms. The topological polar surface area (TPSA) is 59.0 Å². The van der Waals surface area contributed by atoms with Crippen LogP contribution in [-0.4, -0.2) is 59.8 Å². The largest absolute Gasteiger partial charge is 0.497 e. The number of aliphatic hydroxyl groups is 1. The molecule has 1 aromatic carbocycles. The third kappa shape index (κ3) is 3.65. The van der Waals surface area contributed by atoms with Gasteiger partial charge in [0.05, 0.1) is 7.11 Å². The Morgan fingerprint density at radius 1 is 1.43 bits per heavy atom. The Balaban J connectivity index is 1.71. The number of ether oxygens (including phenoxy) is 2. The van der Waals surface area contributed by atoms with E-state index in [0.29, 0.717) is 24.4 Å². The predicted molar refractivity (Wildman–Crippen MR) is 89.8 cm³/mol. The van der Waals surface area contributed by atoms with E-state index in [9.17, 15) is 9.90 Å². The van der Waals surface area contributed by atoms with Crippen molar-refractivity contribution < 1.29 is 19.4 Å². The maximum Gasteiger partial charge on any atom is 0.256 e. The molecule has 2 fully saturated rings. The summed E-state index contributed by atoms with van der Waals surface area (Å²) >= 11 is 1.95. The Labute approximate surface area is 140 Å². The average molecular weight is 337 g/mol. The number of methoxy groups -OCH3 is 1. The number of benzene rings is 1. The quantitative estimate of drug-likeness (QED) is 0.912. The van der Waals surface area contributed by atoms with Crippen molar-refractivity contribution in [3.05, 3.63) is 29.8 Å². The third-order valence-corrected chi connectivity index (χ3v) is 6.14. The Bertz CT molecular complexity index is 554. The summed E-state index contributed by atoms with van der Waals surface area (Å²) in [4.78, 5) is 14.5. The summed E-state index contributed by atoms with van der Waals surface area (Å²) in [7, 11) is 1.57. The van der Waals surface area contributed by atoms with Crippen molar-refractivity contribution in [3.63, 3.8) is 0 Å². The average Bonchev–Trinajstić information content (AvgIpc) is 2.61. The summed E-state index contributed by atoms with van der Waals surface area (Å²) in [5, 5.41) is 10.5. The SMILES string of the molecule is COc1cccc(C(O)C(=O)N2CCSC3(CCOCC3)C2)c1. The Hall–Kier alpha value is -1.24. The molecule has 2 aliphatic rings. The van der Waals surface area contributed by atoms with Crippen LogP contribution in [0.2, 0.25) is 0 Å². The standard InChI is InChI=1S/C17H23NO4S/c1-21-14-4-2-3-13(11-14)15(19)16(20)18-7-10-23-17(12-18)5-8-22-9-6-17/h2-4,11,15,19H,5-10,12H2,1H3. The van der Waals surface area contributed by atoms with Gasteiger partial charge in [0.25, 0.3) is 5.91 Å². The lowest BCUT2D eigenvalue weighted by atomic mass is 9.97. The molecule has 2 saturated heterocycles. The fourth-order valence-electron chi connectivity index (χ4n) is 3.21. The summed E-state index contributed by atoms with van der Waals surface area (Å²) in [5.74, 6) is 1.34. The minimum absolute atomic E-state index is 0.0975. The summed E-state index contributed by atoms with van der Waals surface area (Å²) < 4.78 is 10.7. The van der Waals surface area contributed by atoms with Gasteiger partial charge in [0.2, 0.25) is 0 Å². The molecule has 1 N–H and O–H groups in total. The number of thioether (sulfide) groups is 1. The molecule has 0 radical (unpaired) electrons. The first-order chi connectivity index (χ1) is 11.1. The molecule has 1 spiro atoms. The van der Waals surface area contributed by atoms with Crippen LogP contribution in [0.4, 0.5) is 0 Å². The van der Waals surface area contributed by atoms with Crippen LogP contribution in [-0.2, 0) is 9.53 Å². The second-order valence-electron chi connectivity index (χ2n) is 6.08. The van der Waals surface area contributed by atoms with Crippen LogP contribution in [0.5, 0.6) is 5.75 Å². The second-order valence-corrected chi connectivity index (χ2v) is 7.65. The zero-order valence-electron chi connectivity index (χ0n) is 13.4. The predicted octanol–water partition coefficient (Wildman–Crippen LogP) is 1.85. The molecule has 5 nitrogen and oxygen atoms in total. The van der Waals surface area contributed by atoms with Gasteiger partial charge in [0.15, 0.2) is 6.10 Å². The number of aliphatic hydroxyl groups excluding tert-OH is 1. The van der Waals surface area contributed by atoms with E-state index in [1.54, 1.807) is 31.4 Å². The molecule has 6 heteroatoms. The smallest absolute Gasteiger partial charge is 0.256 e. The number of amides is 1. The fourth-order valence-corrected chi connectivity index (χ4v) is 4.65. The van der Waals surface area contributed by atoms with Crippen LogP contribution in [0.3, 0.4) is 0 Å². The normalized spacial score (nSPS) is 21.9. The van der Waals surface area contributed by atoms with Gasteiger partial charge < -0.3 is 19.5 Å². The molecule has 2 heterocycles. The number of rotatable bonds is 3. The molecule has 0 saturated carbocycles. The molecule has 1 amide bonds. The maximum atomic E-state index is 12.7. The fraction of sp³-hybridized carbons (Fsp3) is 0.588. The van der Waals surface area contributed by atoms with E-state index in [1.807, 2.05) is 16.7 Å². The minimum Gasteiger partial charge on any atom is -0.497 e. The van der Waals surface area contributed by atoms with Crippen LogP contribution in [0.15, 0.2) is 24.3 Å². The highest BCUT2D eigenvalue weighted by Crippen LogP contribution is 2.39. The molecule has 0 aromatic heterocycles. The van der Waals surface area contributed by atoms with E-state index in [1.165, 1.54) is 0 Å². The van der Waals surface area contributed by atoms with Gasteiger partial charge >= 0.3 is 0 Å². The van der Waals surface area contributed by atoms with Crippen LogP contribution in [0.1, 0.15) is 24.5 Å². The van der Waals surface area contributed by atoms with Gasteiger partial charge in [0.1, 0.15) is 5.75 Å².